The number of nitrogens with zero attached hydrogens (tertiary/aromatic N) is 2. The lowest BCUT2D eigenvalue weighted by atomic mass is 9.61. The second kappa shape index (κ2) is 8.74. The molecule has 0 aromatic carbocycles. The first-order chi connectivity index (χ1) is 13.1. The number of halogens is 1. The van der Waals surface area contributed by atoms with Crippen molar-refractivity contribution in [3.8, 4) is 0 Å². The first-order valence-corrected chi connectivity index (χ1v) is 12.1. The van der Waals surface area contributed by atoms with Crippen LogP contribution in [0.15, 0.2) is 18.3 Å². The zero-order chi connectivity index (χ0) is 19.6. The van der Waals surface area contributed by atoms with Crippen molar-refractivity contribution >= 4 is 28.5 Å². The van der Waals surface area contributed by atoms with E-state index in [0.717, 1.165) is 30.6 Å². The highest BCUT2D eigenvalue weighted by atomic mass is 127. The van der Waals surface area contributed by atoms with Crippen LogP contribution in [0.4, 0.5) is 0 Å². The largest absolute Gasteiger partial charge is 0.373 e. The van der Waals surface area contributed by atoms with Crippen molar-refractivity contribution in [1.82, 2.24) is 9.88 Å². The number of fused-ring (bicyclic) bond motifs is 2. The van der Waals surface area contributed by atoms with Crippen LogP contribution in [0.3, 0.4) is 0 Å². The zero-order valence-electron chi connectivity index (χ0n) is 16.7. The quantitative estimate of drug-likeness (QED) is 0.523. The molecule has 150 valence electrons. The molecule has 4 atom stereocenters. The molecular weight excluding hydrogens is 453 g/mol. The molecule has 6 heteroatoms. The number of primary amides is 1. The molecule has 2 aliphatic carbocycles. The molecular formula is C21H32IN3O2. The van der Waals surface area contributed by atoms with Crippen LogP contribution < -0.4 is 5.73 Å². The van der Waals surface area contributed by atoms with E-state index in [9.17, 15) is 4.79 Å². The molecule has 5 nitrogen and oxygen atoms in total. The highest BCUT2D eigenvalue weighted by Gasteiger charge is 2.54. The van der Waals surface area contributed by atoms with Crippen LogP contribution in [0, 0.1) is 17.8 Å². The summed E-state index contributed by atoms with van der Waals surface area (Å²) in [6, 6.07) is 4.62. The van der Waals surface area contributed by atoms with Crippen molar-refractivity contribution in [2.45, 2.75) is 50.7 Å². The monoisotopic (exact) mass is 485 g/mol. The summed E-state index contributed by atoms with van der Waals surface area (Å²) >= 11 is 2.15. The van der Waals surface area contributed by atoms with E-state index in [2.05, 4.69) is 39.4 Å². The maximum Gasteiger partial charge on any atom is 0.267 e. The number of aromatic nitrogens is 1. The molecule has 3 fully saturated rings. The molecule has 1 aromatic heterocycles. The normalized spacial score (nSPS) is 35.6. The minimum Gasteiger partial charge on any atom is -0.373 e. The summed E-state index contributed by atoms with van der Waals surface area (Å²) in [4.78, 5) is 20.4. The van der Waals surface area contributed by atoms with Gasteiger partial charge in [0.05, 0.1) is 0 Å². The standard InChI is InChI=1S/C20H29N3O2.CH3I/c1-13-6-7-18(13)23-11-15-4-3-5-16(12-23)20(15,25-2)14-8-9-22-17(10-14)19(21)24;1-2/h8-10,13,15-16,18H,3-7,11-12H2,1-2H3,(H2,21,24);1H3/t13-,15?,16?,18-,20?;/m1./s1. The minimum absolute atomic E-state index is 0.311. The molecule has 1 amide bonds. The van der Waals surface area contributed by atoms with Crippen molar-refractivity contribution in [3.63, 3.8) is 0 Å². The van der Waals surface area contributed by atoms with Crippen LogP contribution >= 0.6 is 22.6 Å². The van der Waals surface area contributed by atoms with Gasteiger partial charge in [0.2, 0.25) is 0 Å². The predicted octanol–water partition coefficient (Wildman–Crippen LogP) is 3.60. The number of hydrogen-bond acceptors (Lipinski definition) is 4. The summed E-state index contributed by atoms with van der Waals surface area (Å²) in [5, 5.41) is 0. The average Bonchev–Trinajstić information content (AvgIpc) is 2.67. The summed E-state index contributed by atoms with van der Waals surface area (Å²) in [7, 11) is 1.83. The molecule has 2 bridgehead atoms. The number of pyridine rings is 1. The van der Waals surface area contributed by atoms with E-state index >= 15 is 0 Å². The molecule has 3 aliphatic rings. The molecule has 0 radical (unpaired) electrons. The van der Waals surface area contributed by atoms with Crippen LogP contribution in [-0.2, 0) is 10.3 Å². The van der Waals surface area contributed by atoms with Crippen molar-refractivity contribution in [2.75, 3.05) is 25.1 Å². The average molecular weight is 485 g/mol. The van der Waals surface area contributed by atoms with E-state index < -0.39 is 5.91 Å². The number of hydrogen-bond donors (Lipinski definition) is 1. The summed E-state index contributed by atoms with van der Waals surface area (Å²) in [6.07, 6.45) is 8.01. The lowest BCUT2D eigenvalue weighted by molar-refractivity contribution is -0.181. The molecule has 4 rings (SSSR count). The van der Waals surface area contributed by atoms with Gasteiger partial charge in [-0.05, 0) is 54.2 Å². The minimum atomic E-state index is -0.473. The fourth-order valence-corrected chi connectivity index (χ4v) is 5.66. The van der Waals surface area contributed by atoms with Gasteiger partial charge in [-0.3, -0.25) is 14.7 Å². The van der Waals surface area contributed by atoms with E-state index in [1.807, 2.05) is 24.2 Å². The highest BCUT2D eigenvalue weighted by Crippen LogP contribution is 2.52. The number of ether oxygens (including phenoxy) is 1. The van der Waals surface area contributed by atoms with Crippen LogP contribution in [0.1, 0.15) is 55.1 Å². The van der Waals surface area contributed by atoms with Crippen LogP contribution in [0.5, 0.6) is 0 Å². The van der Waals surface area contributed by atoms with Gasteiger partial charge in [-0.1, -0.05) is 35.9 Å². The van der Waals surface area contributed by atoms with Gasteiger partial charge in [0, 0.05) is 44.3 Å². The highest BCUT2D eigenvalue weighted by molar-refractivity contribution is 14.1. The van der Waals surface area contributed by atoms with E-state index in [0.29, 0.717) is 17.5 Å². The SMILES string of the molecule is CI.COC1(c2ccnc(C(N)=O)c2)C2CCCC1CN([C@@H]1CC[C@H]1C)C2. The number of nitrogens with two attached hydrogens (primary N) is 1. The van der Waals surface area contributed by atoms with Crippen LogP contribution in [0.2, 0.25) is 0 Å². The summed E-state index contributed by atoms with van der Waals surface area (Å²) in [6.45, 7) is 4.56. The number of piperidine rings is 1. The van der Waals surface area contributed by atoms with Crippen LogP contribution in [0.25, 0.3) is 0 Å². The third-order valence-electron chi connectivity index (χ3n) is 7.07. The Bertz CT molecular complexity index is 655. The molecule has 1 aromatic rings. The van der Waals surface area contributed by atoms with Crippen molar-refractivity contribution < 1.29 is 9.53 Å². The number of carbonyl (C=O) groups excluding carboxylic acids is 1. The number of carbonyl (C=O) groups is 1. The smallest absolute Gasteiger partial charge is 0.267 e. The van der Waals surface area contributed by atoms with Gasteiger partial charge in [0.25, 0.3) is 5.91 Å². The number of alkyl halides is 1. The van der Waals surface area contributed by atoms with Crippen molar-refractivity contribution in [2.24, 2.45) is 23.5 Å². The fourth-order valence-electron chi connectivity index (χ4n) is 5.66. The van der Waals surface area contributed by atoms with E-state index in [1.165, 1.54) is 32.1 Å². The van der Waals surface area contributed by atoms with E-state index in [4.69, 9.17) is 10.5 Å². The first-order valence-electron chi connectivity index (χ1n) is 9.99. The Kier molecular flexibility index (Phi) is 6.79. The maximum absolute atomic E-state index is 11.6. The Morgan fingerprint density at radius 1 is 1.26 bits per heavy atom. The van der Waals surface area contributed by atoms with Gasteiger partial charge < -0.3 is 10.5 Å². The van der Waals surface area contributed by atoms with Gasteiger partial charge in [-0.2, -0.15) is 0 Å². The van der Waals surface area contributed by atoms with Gasteiger partial charge in [-0.15, -0.1) is 0 Å². The third-order valence-corrected chi connectivity index (χ3v) is 7.07. The molecule has 2 heterocycles. The Morgan fingerprint density at radius 3 is 2.41 bits per heavy atom. The predicted molar refractivity (Wildman–Crippen MR) is 116 cm³/mol. The lowest BCUT2D eigenvalue weighted by Crippen LogP contribution is -2.62. The fraction of sp³-hybridized carbons (Fsp3) is 0.714. The topological polar surface area (TPSA) is 68.5 Å². The molecule has 2 N–H and O–H groups in total. The number of amides is 1. The Hall–Kier alpha value is -0.730. The molecule has 0 spiro atoms. The van der Waals surface area contributed by atoms with Crippen molar-refractivity contribution in [3.05, 3.63) is 29.6 Å². The third kappa shape index (κ3) is 3.65. The maximum atomic E-state index is 11.6. The van der Waals surface area contributed by atoms with Gasteiger partial charge in [0.1, 0.15) is 11.3 Å². The lowest BCUT2D eigenvalue weighted by Gasteiger charge is -2.58. The molecule has 27 heavy (non-hydrogen) atoms. The van der Waals surface area contributed by atoms with Gasteiger partial charge in [0.15, 0.2) is 0 Å². The number of rotatable bonds is 4. The van der Waals surface area contributed by atoms with Crippen LogP contribution in [-0.4, -0.2) is 47.0 Å². The Morgan fingerprint density at radius 2 is 1.93 bits per heavy atom. The van der Waals surface area contributed by atoms with Gasteiger partial charge in [-0.25, -0.2) is 0 Å². The summed E-state index contributed by atoms with van der Waals surface area (Å²) in [5.41, 5.74) is 6.57. The summed E-state index contributed by atoms with van der Waals surface area (Å²) < 4.78 is 6.27. The second-order valence-corrected chi connectivity index (χ2v) is 8.19. The Balaban J connectivity index is 0.00000102. The Labute approximate surface area is 176 Å². The second-order valence-electron chi connectivity index (χ2n) is 8.19. The molecule has 2 saturated carbocycles. The van der Waals surface area contributed by atoms with E-state index in [1.54, 1.807) is 6.20 Å². The van der Waals surface area contributed by atoms with Gasteiger partial charge >= 0.3 is 0 Å². The zero-order valence-corrected chi connectivity index (χ0v) is 18.8. The van der Waals surface area contributed by atoms with Crippen molar-refractivity contribution in [1.29, 1.82) is 0 Å². The first kappa shape index (κ1) is 21.0. The number of methoxy groups -OCH3 is 1. The molecule has 1 saturated heterocycles. The molecule has 2 unspecified atom stereocenters. The molecule has 1 aliphatic heterocycles. The number of likely N-dealkylation sites (tertiary alicyclic amines) is 1. The summed E-state index contributed by atoms with van der Waals surface area (Å²) in [5.74, 6) is 1.26. The van der Waals surface area contributed by atoms with E-state index in [-0.39, 0.29) is 5.60 Å².